The van der Waals surface area contributed by atoms with Crippen molar-refractivity contribution in [1.29, 1.82) is 0 Å². The molecule has 0 aliphatic heterocycles. The summed E-state index contributed by atoms with van der Waals surface area (Å²) in [7, 11) is 3.60. The summed E-state index contributed by atoms with van der Waals surface area (Å²) in [6.45, 7) is 3.91. The average Bonchev–Trinajstić information content (AvgIpc) is 2.88. The number of methoxy groups -OCH3 is 1. The number of nitrogens with zero attached hydrogens (tertiary/aromatic N) is 2. The minimum Gasteiger partial charge on any atom is -0.497 e. The summed E-state index contributed by atoms with van der Waals surface area (Å²) < 4.78 is 7.17. The maximum absolute atomic E-state index is 12.5. The summed E-state index contributed by atoms with van der Waals surface area (Å²) in [5, 5.41) is 3.02. The van der Waals surface area contributed by atoms with Crippen molar-refractivity contribution < 1.29 is 9.53 Å². The molecule has 0 aliphatic rings. The highest BCUT2D eigenvalue weighted by Gasteiger charge is 2.13. The van der Waals surface area contributed by atoms with Crippen LogP contribution < -0.4 is 10.1 Å². The van der Waals surface area contributed by atoms with Crippen LogP contribution >= 0.6 is 0 Å². The molecular weight excluding hydrogens is 302 g/mol. The number of fused-ring (bicyclic) bond motifs is 1. The summed E-state index contributed by atoms with van der Waals surface area (Å²) in [6, 6.07) is 13.2. The van der Waals surface area contributed by atoms with Gasteiger partial charge in [0.25, 0.3) is 5.91 Å². The average molecular weight is 323 g/mol. The molecule has 1 aromatic heterocycles. The standard InChI is InChI=1S/C19H21N3O2/c1-12(14-5-8-16(24-4)9-6-14)20-19(23)15-7-10-18-17(11-15)21-13(2)22(18)3/h5-12H,1-4H3,(H,20,23)/t12-/m0/s1. The third kappa shape index (κ3) is 2.97. The first kappa shape index (κ1) is 16.1. The molecule has 0 fully saturated rings. The van der Waals surface area contributed by atoms with E-state index in [0.29, 0.717) is 5.56 Å². The highest BCUT2D eigenvalue weighted by atomic mass is 16.5. The van der Waals surface area contributed by atoms with Gasteiger partial charge in [0.15, 0.2) is 0 Å². The molecule has 3 aromatic rings. The highest BCUT2D eigenvalue weighted by Crippen LogP contribution is 2.19. The van der Waals surface area contributed by atoms with Crippen molar-refractivity contribution in [3.8, 4) is 5.75 Å². The van der Waals surface area contributed by atoms with Crippen LogP contribution in [0.4, 0.5) is 0 Å². The number of ether oxygens (including phenoxy) is 1. The number of aromatic nitrogens is 2. The molecule has 0 saturated heterocycles. The Morgan fingerprint density at radius 2 is 1.92 bits per heavy atom. The van der Waals surface area contributed by atoms with Gasteiger partial charge in [-0.3, -0.25) is 4.79 Å². The van der Waals surface area contributed by atoms with Gasteiger partial charge in [-0.25, -0.2) is 4.98 Å². The van der Waals surface area contributed by atoms with Gasteiger partial charge in [-0.1, -0.05) is 12.1 Å². The molecule has 5 heteroatoms. The zero-order valence-electron chi connectivity index (χ0n) is 14.3. The molecule has 3 rings (SSSR count). The zero-order chi connectivity index (χ0) is 17.3. The summed E-state index contributed by atoms with van der Waals surface area (Å²) in [5.74, 6) is 1.62. The minimum absolute atomic E-state index is 0.0930. The molecule has 1 heterocycles. The Hall–Kier alpha value is -2.82. The van der Waals surface area contributed by atoms with E-state index in [1.807, 2.05) is 67.9 Å². The van der Waals surface area contributed by atoms with Gasteiger partial charge in [0.2, 0.25) is 0 Å². The topological polar surface area (TPSA) is 56.1 Å². The van der Waals surface area contributed by atoms with Crippen LogP contribution in [0.15, 0.2) is 42.5 Å². The van der Waals surface area contributed by atoms with Gasteiger partial charge in [0.05, 0.1) is 24.2 Å². The van der Waals surface area contributed by atoms with E-state index in [1.54, 1.807) is 7.11 Å². The number of hydrogen-bond donors (Lipinski definition) is 1. The van der Waals surface area contributed by atoms with Crippen LogP contribution in [0.25, 0.3) is 11.0 Å². The SMILES string of the molecule is COc1ccc([C@H](C)NC(=O)c2ccc3c(c2)nc(C)n3C)cc1. The Balaban J connectivity index is 1.78. The van der Waals surface area contributed by atoms with Crippen molar-refractivity contribution in [3.63, 3.8) is 0 Å². The Bertz CT molecular complexity index is 882. The molecule has 0 unspecified atom stereocenters. The largest absolute Gasteiger partial charge is 0.497 e. The predicted molar refractivity (Wildman–Crippen MR) is 94.3 cm³/mol. The van der Waals surface area contributed by atoms with Crippen molar-refractivity contribution >= 4 is 16.9 Å². The second kappa shape index (κ2) is 6.35. The fourth-order valence-corrected chi connectivity index (χ4v) is 2.72. The Labute approximate surface area is 141 Å². The number of carbonyl (C=O) groups is 1. The van der Waals surface area contributed by atoms with Gasteiger partial charge in [-0.15, -0.1) is 0 Å². The third-order valence-electron chi connectivity index (χ3n) is 4.33. The molecule has 1 atom stereocenters. The van der Waals surface area contributed by atoms with Crippen LogP contribution in [-0.2, 0) is 7.05 Å². The number of imidazole rings is 1. The number of benzene rings is 2. The lowest BCUT2D eigenvalue weighted by molar-refractivity contribution is 0.0940. The van der Waals surface area contributed by atoms with Crippen molar-refractivity contribution in [2.75, 3.05) is 7.11 Å². The van der Waals surface area contributed by atoms with Crippen molar-refractivity contribution in [2.45, 2.75) is 19.9 Å². The lowest BCUT2D eigenvalue weighted by atomic mass is 10.1. The van der Waals surface area contributed by atoms with Gasteiger partial charge in [0.1, 0.15) is 11.6 Å². The van der Waals surface area contributed by atoms with E-state index in [2.05, 4.69) is 10.3 Å². The number of aryl methyl sites for hydroxylation is 2. The molecular formula is C19H21N3O2. The van der Waals surface area contributed by atoms with Gasteiger partial charge in [0, 0.05) is 12.6 Å². The summed E-state index contributed by atoms with van der Waals surface area (Å²) in [4.78, 5) is 17.0. The number of rotatable bonds is 4. The van der Waals surface area contributed by atoms with Crippen molar-refractivity contribution in [2.24, 2.45) is 7.05 Å². The zero-order valence-corrected chi connectivity index (χ0v) is 14.3. The Kier molecular flexibility index (Phi) is 4.25. The lowest BCUT2D eigenvalue weighted by Crippen LogP contribution is -2.26. The van der Waals surface area contributed by atoms with Gasteiger partial charge in [-0.05, 0) is 49.7 Å². The van der Waals surface area contributed by atoms with Gasteiger partial charge in [-0.2, -0.15) is 0 Å². The van der Waals surface area contributed by atoms with E-state index in [1.165, 1.54) is 0 Å². The second-order valence-corrected chi connectivity index (χ2v) is 5.89. The number of carbonyl (C=O) groups excluding carboxylic acids is 1. The number of nitrogens with one attached hydrogen (secondary N) is 1. The van der Waals surface area contributed by atoms with Crippen LogP contribution in [0.5, 0.6) is 5.75 Å². The van der Waals surface area contributed by atoms with Crippen molar-refractivity contribution in [3.05, 3.63) is 59.4 Å². The molecule has 1 N–H and O–H groups in total. The molecule has 24 heavy (non-hydrogen) atoms. The number of hydrogen-bond acceptors (Lipinski definition) is 3. The molecule has 2 aromatic carbocycles. The maximum Gasteiger partial charge on any atom is 0.251 e. The van der Waals surface area contributed by atoms with Crippen LogP contribution in [0.2, 0.25) is 0 Å². The first-order valence-electron chi connectivity index (χ1n) is 7.87. The fourth-order valence-electron chi connectivity index (χ4n) is 2.72. The van der Waals surface area contributed by atoms with Crippen LogP contribution in [0.3, 0.4) is 0 Å². The summed E-state index contributed by atoms with van der Waals surface area (Å²) in [6.07, 6.45) is 0. The second-order valence-electron chi connectivity index (χ2n) is 5.89. The monoisotopic (exact) mass is 323 g/mol. The normalized spacial score (nSPS) is 12.2. The maximum atomic E-state index is 12.5. The van der Waals surface area contributed by atoms with E-state index in [-0.39, 0.29) is 11.9 Å². The molecule has 0 saturated carbocycles. The smallest absolute Gasteiger partial charge is 0.251 e. The van der Waals surface area contributed by atoms with Crippen LogP contribution in [0.1, 0.15) is 34.7 Å². The van der Waals surface area contributed by atoms with Gasteiger partial charge < -0.3 is 14.6 Å². The molecule has 0 spiro atoms. The van der Waals surface area contributed by atoms with E-state index < -0.39 is 0 Å². The van der Waals surface area contributed by atoms with E-state index in [9.17, 15) is 4.79 Å². The van der Waals surface area contributed by atoms with E-state index >= 15 is 0 Å². The molecule has 0 aliphatic carbocycles. The molecule has 5 nitrogen and oxygen atoms in total. The summed E-state index contributed by atoms with van der Waals surface area (Å²) in [5.41, 5.74) is 3.49. The van der Waals surface area contributed by atoms with E-state index in [0.717, 1.165) is 28.2 Å². The highest BCUT2D eigenvalue weighted by molar-refractivity contribution is 5.97. The summed E-state index contributed by atoms with van der Waals surface area (Å²) >= 11 is 0. The molecule has 124 valence electrons. The van der Waals surface area contributed by atoms with Crippen LogP contribution in [-0.4, -0.2) is 22.6 Å². The minimum atomic E-state index is -0.108. The molecule has 0 radical (unpaired) electrons. The van der Waals surface area contributed by atoms with E-state index in [4.69, 9.17) is 4.74 Å². The Morgan fingerprint density at radius 1 is 1.21 bits per heavy atom. The predicted octanol–water partition coefficient (Wildman–Crippen LogP) is 3.38. The van der Waals surface area contributed by atoms with Gasteiger partial charge >= 0.3 is 0 Å². The Morgan fingerprint density at radius 3 is 2.58 bits per heavy atom. The molecule has 0 bridgehead atoms. The lowest BCUT2D eigenvalue weighted by Gasteiger charge is -2.15. The first-order valence-corrected chi connectivity index (χ1v) is 7.87. The van der Waals surface area contributed by atoms with Crippen LogP contribution in [0, 0.1) is 6.92 Å². The van der Waals surface area contributed by atoms with Crippen molar-refractivity contribution in [1.82, 2.24) is 14.9 Å². The third-order valence-corrected chi connectivity index (χ3v) is 4.33. The quantitative estimate of drug-likeness (QED) is 0.801. The number of amides is 1. The molecule has 1 amide bonds. The fraction of sp³-hybridized carbons (Fsp3) is 0.263. The first-order chi connectivity index (χ1) is 11.5.